The summed E-state index contributed by atoms with van der Waals surface area (Å²) in [5.74, 6) is 1.80. The lowest BCUT2D eigenvalue weighted by molar-refractivity contribution is 0.314. The molecule has 2 unspecified atom stereocenters. The lowest BCUT2D eigenvalue weighted by Crippen LogP contribution is -2.47. The number of nitrogens with zero attached hydrogens (tertiary/aromatic N) is 3. The van der Waals surface area contributed by atoms with Crippen molar-refractivity contribution in [3.63, 3.8) is 0 Å². The highest BCUT2D eigenvalue weighted by Gasteiger charge is 2.29. The first kappa shape index (κ1) is 13.8. The van der Waals surface area contributed by atoms with Crippen LogP contribution in [0.15, 0.2) is 18.5 Å². The van der Waals surface area contributed by atoms with Gasteiger partial charge in [0.15, 0.2) is 0 Å². The van der Waals surface area contributed by atoms with Gasteiger partial charge in [-0.25, -0.2) is 9.97 Å². The summed E-state index contributed by atoms with van der Waals surface area (Å²) < 4.78 is 0. The SMILES string of the molecule is CCC1CCCC1NC1CCN(c2ncccn2)CC1. The number of anilines is 1. The molecule has 110 valence electrons. The van der Waals surface area contributed by atoms with Gasteiger partial charge in [0.2, 0.25) is 5.95 Å². The standard InChI is InChI=1S/C16H26N4/c1-2-13-5-3-6-15(13)19-14-7-11-20(12-8-14)16-17-9-4-10-18-16/h4,9-10,13-15,19H,2-3,5-8,11-12H2,1H3. The lowest BCUT2D eigenvalue weighted by Gasteiger charge is -2.35. The zero-order chi connectivity index (χ0) is 13.8. The van der Waals surface area contributed by atoms with E-state index in [2.05, 4.69) is 27.1 Å². The van der Waals surface area contributed by atoms with E-state index in [0.29, 0.717) is 6.04 Å². The molecule has 0 aromatic carbocycles. The van der Waals surface area contributed by atoms with Gasteiger partial charge in [-0.15, -0.1) is 0 Å². The molecule has 0 spiro atoms. The molecule has 0 bridgehead atoms. The van der Waals surface area contributed by atoms with E-state index < -0.39 is 0 Å². The van der Waals surface area contributed by atoms with Gasteiger partial charge >= 0.3 is 0 Å². The van der Waals surface area contributed by atoms with Crippen molar-refractivity contribution in [2.24, 2.45) is 5.92 Å². The van der Waals surface area contributed by atoms with Crippen molar-refractivity contribution in [1.29, 1.82) is 0 Å². The Morgan fingerprint density at radius 1 is 1.15 bits per heavy atom. The monoisotopic (exact) mass is 274 g/mol. The third-order valence-corrected chi connectivity index (χ3v) is 4.96. The minimum Gasteiger partial charge on any atom is -0.341 e. The van der Waals surface area contributed by atoms with E-state index in [4.69, 9.17) is 0 Å². The first-order valence-corrected chi connectivity index (χ1v) is 8.15. The molecule has 1 aliphatic heterocycles. The average Bonchev–Trinajstić information content (AvgIpc) is 2.96. The summed E-state index contributed by atoms with van der Waals surface area (Å²) in [4.78, 5) is 11.0. The maximum Gasteiger partial charge on any atom is 0.225 e. The molecule has 0 radical (unpaired) electrons. The fraction of sp³-hybridized carbons (Fsp3) is 0.750. The van der Waals surface area contributed by atoms with Crippen molar-refractivity contribution in [3.05, 3.63) is 18.5 Å². The summed E-state index contributed by atoms with van der Waals surface area (Å²) in [6, 6.07) is 3.33. The highest BCUT2D eigenvalue weighted by Crippen LogP contribution is 2.29. The van der Waals surface area contributed by atoms with E-state index in [1.54, 1.807) is 0 Å². The topological polar surface area (TPSA) is 41.0 Å². The summed E-state index contributed by atoms with van der Waals surface area (Å²) in [6.45, 7) is 4.48. The van der Waals surface area contributed by atoms with Gasteiger partial charge in [0, 0.05) is 37.6 Å². The fourth-order valence-electron chi connectivity index (χ4n) is 3.75. The summed E-state index contributed by atoms with van der Waals surface area (Å²) >= 11 is 0. The van der Waals surface area contributed by atoms with Gasteiger partial charge < -0.3 is 10.2 Å². The minimum atomic E-state index is 0.687. The van der Waals surface area contributed by atoms with E-state index in [1.165, 1.54) is 38.5 Å². The van der Waals surface area contributed by atoms with Crippen LogP contribution in [-0.2, 0) is 0 Å². The van der Waals surface area contributed by atoms with Crippen LogP contribution in [0.1, 0.15) is 45.4 Å². The Morgan fingerprint density at radius 2 is 1.90 bits per heavy atom. The van der Waals surface area contributed by atoms with Crippen LogP contribution < -0.4 is 10.2 Å². The average molecular weight is 274 g/mol. The molecule has 1 aromatic heterocycles. The first-order valence-electron chi connectivity index (χ1n) is 8.15. The second kappa shape index (κ2) is 6.53. The van der Waals surface area contributed by atoms with Gasteiger partial charge in [0.25, 0.3) is 0 Å². The summed E-state index contributed by atoms with van der Waals surface area (Å²) in [5, 5.41) is 3.92. The van der Waals surface area contributed by atoms with Crippen molar-refractivity contribution >= 4 is 5.95 Å². The van der Waals surface area contributed by atoms with Crippen LogP contribution in [0.4, 0.5) is 5.95 Å². The van der Waals surface area contributed by atoms with Gasteiger partial charge in [-0.3, -0.25) is 0 Å². The molecule has 4 nitrogen and oxygen atoms in total. The molecule has 1 N–H and O–H groups in total. The number of piperidine rings is 1. The maximum absolute atomic E-state index is 4.35. The van der Waals surface area contributed by atoms with Crippen LogP contribution in [0, 0.1) is 5.92 Å². The van der Waals surface area contributed by atoms with Crippen LogP contribution in [0.3, 0.4) is 0 Å². The molecule has 1 aromatic rings. The summed E-state index contributed by atoms with van der Waals surface area (Å²) in [7, 11) is 0. The summed E-state index contributed by atoms with van der Waals surface area (Å²) in [5.41, 5.74) is 0. The Hall–Kier alpha value is -1.16. The molecule has 1 aliphatic carbocycles. The molecule has 0 amide bonds. The largest absolute Gasteiger partial charge is 0.341 e. The maximum atomic E-state index is 4.35. The van der Waals surface area contributed by atoms with E-state index in [-0.39, 0.29) is 0 Å². The predicted octanol–water partition coefficient (Wildman–Crippen LogP) is 2.61. The fourth-order valence-corrected chi connectivity index (χ4v) is 3.75. The second-order valence-corrected chi connectivity index (χ2v) is 6.18. The van der Waals surface area contributed by atoms with Gasteiger partial charge in [-0.05, 0) is 37.7 Å². The van der Waals surface area contributed by atoms with Crippen molar-refractivity contribution in [2.75, 3.05) is 18.0 Å². The Kier molecular flexibility index (Phi) is 4.51. The van der Waals surface area contributed by atoms with Gasteiger partial charge in [0.05, 0.1) is 0 Å². The Bertz CT molecular complexity index is 400. The van der Waals surface area contributed by atoms with Crippen molar-refractivity contribution < 1.29 is 0 Å². The molecule has 3 rings (SSSR count). The Labute approximate surface area is 122 Å². The molecule has 1 saturated heterocycles. The highest BCUT2D eigenvalue weighted by atomic mass is 15.3. The molecule has 2 heterocycles. The van der Waals surface area contributed by atoms with Crippen molar-refractivity contribution in [3.8, 4) is 0 Å². The smallest absolute Gasteiger partial charge is 0.225 e. The number of nitrogens with one attached hydrogen (secondary N) is 1. The molecule has 2 fully saturated rings. The predicted molar refractivity (Wildman–Crippen MR) is 81.8 cm³/mol. The Morgan fingerprint density at radius 3 is 2.60 bits per heavy atom. The lowest BCUT2D eigenvalue weighted by atomic mass is 9.97. The first-order chi connectivity index (χ1) is 9.86. The zero-order valence-corrected chi connectivity index (χ0v) is 12.5. The second-order valence-electron chi connectivity index (χ2n) is 6.18. The van der Waals surface area contributed by atoms with Crippen molar-refractivity contribution in [2.45, 2.75) is 57.5 Å². The van der Waals surface area contributed by atoms with E-state index in [1.807, 2.05) is 18.5 Å². The van der Waals surface area contributed by atoms with Gasteiger partial charge in [-0.1, -0.05) is 19.8 Å². The normalized spacial score (nSPS) is 27.9. The zero-order valence-electron chi connectivity index (χ0n) is 12.5. The van der Waals surface area contributed by atoms with Crippen LogP contribution in [0.5, 0.6) is 0 Å². The van der Waals surface area contributed by atoms with Crippen LogP contribution in [0.2, 0.25) is 0 Å². The number of hydrogen-bond acceptors (Lipinski definition) is 4. The van der Waals surface area contributed by atoms with Crippen LogP contribution in [-0.4, -0.2) is 35.1 Å². The third kappa shape index (κ3) is 3.11. The van der Waals surface area contributed by atoms with E-state index in [9.17, 15) is 0 Å². The highest BCUT2D eigenvalue weighted by molar-refractivity contribution is 5.29. The van der Waals surface area contributed by atoms with Crippen LogP contribution in [0.25, 0.3) is 0 Å². The molecular weight excluding hydrogens is 248 g/mol. The van der Waals surface area contributed by atoms with Crippen LogP contribution >= 0.6 is 0 Å². The number of hydrogen-bond donors (Lipinski definition) is 1. The Balaban J connectivity index is 1.49. The van der Waals surface area contributed by atoms with E-state index in [0.717, 1.165) is 31.0 Å². The molecule has 20 heavy (non-hydrogen) atoms. The molecule has 4 heteroatoms. The van der Waals surface area contributed by atoms with Gasteiger partial charge in [-0.2, -0.15) is 0 Å². The molecule has 2 atom stereocenters. The molecular formula is C16H26N4. The number of rotatable bonds is 4. The summed E-state index contributed by atoms with van der Waals surface area (Å²) in [6.07, 6.45) is 11.6. The molecule has 1 saturated carbocycles. The third-order valence-electron chi connectivity index (χ3n) is 4.96. The van der Waals surface area contributed by atoms with Gasteiger partial charge in [0.1, 0.15) is 0 Å². The van der Waals surface area contributed by atoms with Crippen molar-refractivity contribution in [1.82, 2.24) is 15.3 Å². The quantitative estimate of drug-likeness (QED) is 0.916. The van der Waals surface area contributed by atoms with E-state index >= 15 is 0 Å². The molecule has 2 aliphatic rings. The number of aromatic nitrogens is 2. The minimum absolute atomic E-state index is 0.687.